The average molecular weight is 361 g/mol. The van der Waals surface area contributed by atoms with Crippen LogP contribution in [-0.4, -0.2) is 49.1 Å². The molecular weight excluding hydrogens is 344 g/mol. The largest absolute Gasteiger partial charge is 0.481 e. The molecule has 6 nitrogen and oxygen atoms in total. The smallest absolute Gasteiger partial charge is 0.341 e. The second kappa shape index (κ2) is 7.25. The van der Waals surface area contributed by atoms with Crippen LogP contribution in [0.25, 0.3) is 0 Å². The van der Waals surface area contributed by atoms with Gasteiger partial charge in [0.2, 0.25) is 15.7 Å². The SMILES string of the molecule is O=C(O)C1CCN(C(=O)Cc2ccc(S(=O)(=O)C(F)F)cc2)CC1. The number of carboxylic acids is 1. The van der Waals surface area contributed by atoms with Crippen molar-refractivity contribution < 1.29 is 31.9 Å². The Hall–Kier alpha value is -2.03. The number of likely N-dealkylation sites (tertiary alicyclic amines) is 1. The van der Waals surface area contributed by atoms with Crippen molar-refractivity contribution in [3.8, 4) is 0 Å². The number of alkyl halides is 2. The topological polar surface area (TPSA) is 91.8 Å². The van der Waals surface area contributed by atoms with Crippen LogP contribution < -0.4 is 0 Å². The van der Waals surface area contributed by atoms with E-state index < -0.39 is 32.4 Å². The number of carbonyl (C=O) groups excluding carboxylic acids is 1. The lowest BCUT2D eigenvalue weighted by Gasteiger charge is -2.30. The lowest BCUT2D eigenvalue weighted by Crippen LogP contribution is -2.40. The van der Waals surface area contributed by atoms with Gasteiger partial charge in [-0.2, -0.15) is 8.78 Å². The highest BCUT2D eigenvalue weighted by molar-refractivity contribution is 7.91. The van der Waals surface area contributed by atoms with Crippen molar-refractivity contribution >= 4 is 21.7 Å². The van der Waals surface area contributed by atoms with Crippen molar-refractivity contribution in [2.75, 3.05) is 13.1 Å². The predicted octanol–water partition coefficient (Wildman–Crippen LogP) is 1.55. The van der Waals surface area contributed by atoms with Crippen molar-refractivity contribution in [1.82, 2.24) is 4.90 Å². The first-order valence-corrected chi connectivity index (χ1v) is 8.88. The Bertz CT molecular complexity index is 710. The highest BCUT2D eigenvalue weighted by Gasteiger charge is 2.28. The number of piperidine rings is 1. The molecule has 0 saturated carbocycles. The van der Waals surface area contributed by atoms with E-state index in [9.17, 15) is 26.8 Å². The zero-order valence-electron chi connectivity index (χ0n) is 12.7. The number of carbonyl (C=O) groups is 2. The lowest BCUT2D eigenvalue weighted by atomic mass is 9.96. The molecule has 0 aliphatic carbocycles. The third kappa shape index (κ3) is 4.08. The Morgan fingerprint density at radius 2 is 1.71 bits per heavy atom. The van der Waals surface area contributed by atoms with E-state index in [0.29, 0.717) is 31.5 Å². The summed E-state index contributed by atoms with van der Waals surface area (Å²) < 4.78 is 47.6. The van der Waals surface area contributed by atoms with E-state index in [-0.39, 0.29) is 12.3 Å². The molecule has 1 heterocycles. The first kappa shape index (κ1) is 18.3. The number of hydrogen-bond acceptors (Lipinski definition) is 4. The minimum Gasteiger partial charge on any atom is -0.481 e. The summed E-state index contributed by atoms with van der Waals surface area (Å²) in [6, 6.07) is 4.77. The molecule has 0 radical (unpaired) electrons. The van der Waals surface area contributed by atoms with Gasteiger partial charge in [-0.15, -0.1) is 0 Å². The second-order valence-electron chi connectivity index (χ2n) is 5.62. The summed E-state index contributed by atoms with van der Waals surface area (Å²) in [7, 11) is -4.64. The van der Waals surface area contributed by atoms with E-state index in [1.807, 2.05) is 0 Å². The predicted molar refractivity (Wildman–Crippen MR) is 80.3 cm³/mol. The first-order chi connectivity index (χ1) is 11.2. The Morgan fingerprint density at radius 1 is 1.17 bits per heavy atom. The maximum Gasteiger partial charge on any atom is 0.341 e. The monoisotopic (exact) mass is 361 g/mol. The van der Waals surface area contributed by atoms with Gasteiger partial charge in [0, 0.05) is 13.1 Å². The van der Waals surface area contributed by atoms with Crippen molar-refractivity contribution in [2.24, 2.45) is 5.92 Å². The number of sulfone groups is 1. The van der Waals surface area contributed by atoms with Gasteiger partial charge in [0.15, 0.2) is 0 Å². The summed E-state index contributed by atoms with van der Waals surface area (Å²) in [5.74, 6) is -4.99. The quantitative estimate of drug-likeness (QED) is 0.859. The maximum atomic E-state index is 12.4. The number of hydrogen-bond donors (Lipinski definition) is 1. The van der Waals surface area contributed by atoms with Crippen molar-refractivity contribution in [3.05, 3.63) is 29.8 Å². The van der Waals surface area contributed by atoms with Gasteiger partial charge in [-0.1, -0.05) is 12.1 Å². The maximum absolute atomic E-state index is 12.4. The fourth-order valence-electron chi connectivity index (χ4n) is 2.56. The van der Waals surface area contributed by atoms with Gasteiger partial charge >= 0.3 is 11.7 Å². The van der Waals surface area contributed by atoms with E-state index in [2.05, 4.69) is 0 Å². The van der Waals surface area contributed by atoms with Crippen LogP contribution in [0.1, 0.15) is 18.4 Å². The summed E-state index contributed by atoms with van der Waals surface area (Å²) in [5, 5.41) is 8.92. The minimum atomic E-state index is -4.64. The molecule has 24 heavy (non-hydrogen) atoms. The van der Waals surface area contributed by atoms with Crippen LogP contribution in [0.5, 0.6) is 0 Å². The lowest BCUT2D eigenvalue weighted by molar-refractivity contribution is -0.145. The third-order valence-corrected chi connectivity index (χ3v) is 5.44. The highest BCUT2D eigenvalue weighted by atomic mass is 32.2. The molecule has 9 heteroatoms. The van der Waals surface area contributed by atoms with Gasteiger partial charge in [-0.25, -0.2) is 8.42 Å². The Balaban J connectivity index is 1.97. The van der Waals surface area contributed by atoms with E-state index in [1.165, 1.54) is 12.1 Å². The number of benzene rings is 1. The van der Waals surface area contributed by atoms with Gasteiger partial charge in [0.05, 0.1) is 17.2 Å². The summed E-state index contributed by atoms with van der Waals surface area (Å²) in [4.78, 5) is 24.1. The molecule has 1 amide bonds. The summed E-state index contributed by atoms with van der Waals surface area (Å²) in [6.45, 7) is 0.710. The van der Waals surface area contributed by atoms with E-state index in [4.69, 9.17) is 5.11 Å². The molecular formula is C15H17F2NO5S. The van der Waals surface area contributed by atoms with Crippen molar-refractivity contribution in [1.29, 1.82) is 0 Å². The van der Waals surface area contributed by atoms with Gasteiger partial charge in [-0.3, -0.25) is 9.59 Å². The third-order valence-electron chi connectivity index (χ3n) is 4.04. The normalized spacial score (nSPS) is 16.4. The minimum absolute atomic E-state index is 0.00669. The highest BCUT2D eigenvalue weighted by Crippen LogP contribution is 2.20. The summed E-state index contributed by atoms with van der Waals surface area (Å²) >= 11 is 0. The number of aliphatic carboxylic acids is 1. The van der Waals surface area contributed by atoms with Crippen molar-refractivity contribution in [3.63, 3.8) is 0 Å². The van der Waals surface area contributed by atoms with Gasteiger partial charge < -0.3 is 10.0 Å². The molecule has 1 aliphatic heterocycles. The molecule has 1 N–H and O–H groups in total. The number of carboxylic acid groups (broad SMARTS) is 1. The van der Waals surface area contributed by atoms with Crippen LogP contribution in [0, 0.1) is 5.92 Å². The molecule has 1 aromatic rings. The summed E-state index contributed by atoms with van der Waals surface area (Å²) in [5.41, 5.74) is 0.508. The fourth-order valence-corrected chi connectivity index (χ4v) is 3.28. The molecule has 0 atom stereocenters. The molecule has 1 saturated heterocycles. The van der Waals surface area contributed by atoms with Crippen LogP contribution in [0.4, 0.5) is 8.78 Å². The number of rotatable bonds is 5. The number of nitrogens with zero attached hydrogens (tertiary/aromatic N) is 1. The van der Waals surface area contributed by atoms with Crippen LogP contribution in [0.15, 0.2) is 29.2 Å². The fraction of sp³-hybridized carbons (Fsp3) is 0.467. The van der Waals surface area contributed by atoms with Crippen LogP contribution in [0.3, 0.4) is 0 Å². The van der Waals surface area contributed by atoms with Crippen LogP contribution >= 0.6 is 0 Å². The van der Waals surface area contributed by atoms with Crippen LogP contribution in [0.2, 0.25) is 0 Å². The van der Waals surface area contributed by atoms with Gasteiger partial charge in [0.1, 0.15) is 0 Å². The zero-order chi connectivity index (χ0) is 17.9. The molecule has 2 rings (SSSR count). The number of halogens is 2. The molecule has 1 aliphatic rings. The van der Waals surface area contributed by atoms with E-state index in [0.717, 1.165) is 12.1 Å². The second-order valence-corrected chi connectivity index (χ2v) is 7.54. The first-order valence-electron chi connectivity index (χ1n) is 7.33. The molecule has 0 unspecified atom stereocenters. The molecule has 1 fully saturated rings. The zero-order valence-corrected chi connectivity index (χ0v) is 13.5. The van der Waals surface area contributed by atoms with Crippen molar-refractivity contribution in [2.45, 2.75) is 29.9 Å². The molecule has 0 spiro atoms. The molecule has 1 aromatic carbocycles. The Kier molecular flexibility index (Phi) is 5.53. The van der Waals surface area contributed by atoms with Crippen LogP contribution in [-0.2, 0) is 25.8 Å². The van der Waals surface area contributed by atoms with Gasteiger partial charge in [0.25, 0.3) is 0 Å². The molecule has 132 valence electrons. The molecule has 0 aromatic heterocycles. The van der Waals surface area contributed by atoms with E-state index >= 15 is 0 Å². The van der Waals surface area contributed by atoms with E-state index in [1.54, 1.807) is 4.90 Å². The average Bonchev–Trinajstić information content (AvgIpc) is 2.55. The Labute approximate surface area is 138 Å². The Morgan fingerprint density at radius 3 is 2.17 bits per heavy atom. The van der Waals surface area contributed by atoms with Gasteiger partial charge in [-0.05, 0) is 30.5 Å². The number of amides is 1. The molecule has 0 bridgehead atoms. The standard InChI is InChI=1S/C15H17F2NO5S/c16-15(17)24(22,23)12-3-1-10(2-4-12)9-13(19)18-7-5-11(6-8-18)14(20)21/h1-4,11,15H,5-9H2,(H,20,21). The summed E-state index contributed by atoms with van der Waals surface area (Å²) in [6.07, 6.45) is 0.798.